The number of ether oxygens (including phenoxy) is 2. The molecule has 0 aliphatic rings. The molecule has 1 amide bonds. The molecule has 2 N–H and O–H groups in total. The van der Waals surface area contributed by atoms with E-state index in [9.17, 15) is 4.79 Å². The molecule has 2 aromatic heterocycles. The molecule has 0 aliphatic heterocycles. The van der Waals surface area contributed by atoms with Gasteiger partial charge in [-0.2, -0.15) is 0 Å². The third-order valence-electron chi connectivity index (χ3n) is 6.71. The lowest BCUT2D eigenvalue weighted by molar-refractivity contribution is 0.0979. The highest BCUT2D eigenvalue weighted by molar-refractivity contribution is 7.98. The summed E-state index contributed by atoms with van der Waals surface area (Å²) in [6, 6.07) is 21.5. The van der Waals surface area contributed by atoms with E-state index in [1.54, 1.807) is 19.5 Å². The minimum atomic E-state index is -0.186. The molecule has 2 heterocycles. The van der Waals surface area contributed by atoms with Gasteiger partial charge in [0.05, 0.1) is 19.2 Å². The number of benzene rings is 3. The number of nitrogens with one attached hydrogen (secondary N) is 2. The van der Waals surface area contributed by atoms with Crippen molar-refractivity contribution in [3.63, 3.8) is 0 Å². The predicted octanol–water partition coefficient (Wildman–Crippen LogP) is 7.96. The van der Waals surface area contributed by atoms with Crippen LogP contribution in [0.3, 0.4) is 0 Å². The van der Waals surface area contributed by atoms with Gasteiger partial charge in [-0.25, -0.2) is 0 Å². The standard InChI is InChI=1S/C32H30ClN3O3S/c1-20-17-22(18-21(2)29(20)33)39-16-8-13-25-24-11-7-12-26(27-19-34-15-14-28(27)38-3)30(24)35-31(25)32(37)36-40-23-9-5-4-6-10-23/h4-7,9-12,14-15,17-19,35H,8,13,16H2,1-3H3,(H,36,37). The molecule has 0 aliphatic carbocycles. The molecule has 0 saturated carbocycles. The van der Waals surface area contributed by atoms with E-state index in [1.807, 2.05) is 80.6 Å². The second-order valence-electron chi connectivity index (χ2n) is 9.45. The molecule has 5 aromatic rings. The number of methoxy groups -OCH3 is 1. The van der Waals surface area contributed by atoms with Gasteiger partial charge in [-0.05, 0) is 85.7 Å². The summed E-state index contributed by atoms with van der Waals surface area (Å²) in [5, 5.41) is 1.74. The highest BCUT2D eigenvalue weighted by Gasteiger charge is 2.21. The Morgan fingerprint density at radius 1 is 1.02 bits per heavy atom. The van der Waals surface area contributed by atoms with Crippen molar-refractivity contribution < 1.29 is 14.3 Å². The van der Waals surface area contributed by atoms with Crippen LogP contribution in [0.25, 0.3) is 22.0 Å². The van der Waals surface area contributed by atoms with Crippen molar-refractivity contribution in [2.75, 3.05) is 13.7 Å². The fourth-order valence-electron chi connectivity index (χ4n) is 4.79. The molecule has 0 fully saturated rings. The molecular weight excluding hydrogens is 542 g/mol. The first-order valence-corrected chi connectivity index (χ1v) is 14.2. The van der Waals surface area contributed by atoms with Gasteiger partial charge < -0.3 is 14.5 Å². The van der Waals surface area contributed by atoms with Gasteiger partial charge in [0, 0.05) is 38.8 Å². The number of pyridine rings is 1. The number of nitrogens with zero attached hydrogens (tertiary/aromatic N) is 1. The Balaban J connectivity index is 1.44. The fourth-order valence-corrected chi connectivity index (χ4v) is 5.50. The highest BCUT2D eigenvalue weighted by atomic mass is 35.5. The number of aryl methyl sites for hydroxylation is 3. The summed E-state index contributed by atoms with van der Waals surface area (Å²) < 4.78 is 14.7. The lowest BCUT2D eigenvalue weighted by atomic mass is 10.00. The Bertz CT molecular complexity index is 1630. The first kappa shape index (κ1) is 27.6. The van der Waals surface area contributed by atoms with Crippen molar-refractivity contribution in [2.24, 2.45) is 0 Å². The second kappa shape index (κ2) is 12.5. The van der Waals surface area contributed by atoms with Gasteiger partial charge in [-0.3, -0.25) is 14.5 Å². The van der Waals surface area contributed by atoms with Crippen LogP contribution in [-0.4, -0.2) is 29.6 Å². The van der Waals surface area contributed by atoms with Crippen LogP contribution in [0.2, 0.25) is 5.02 Å². The van der Waals surface area contributed by atoms with Gasteiger partial charge in [-0.1, -0.05) is 48.0 Å². The maximum absolute atomic E-state index is 13.5. The number of halogens is 1. The van der Waals surface area contributed by atoms with Crippen molar-refractivity contribution in [3.8, 4) is 22.6 Å². The minimum Gasteiger partial charge on any atom is -0.496 e. The van der Waals surface area contributed by atoms with Gasteiger partial charge in [0.15, 0.2) is 0 Å². The van der Waals surface area contributed by atoms with Crippen molar-refractivity contribution >= 4 is 40.4 Å². The van der Waals surface area contributed by atoms with E-state index in [0.717, 1.165) is 60.8 Å². The van der Waals surface area contributed by atoms with E-state index in [4.69, 9.17) is 21.1 Å². The lowest BCUT2D eigenvalue weighted by Crippen LogP contribution is -2.18. The largest absolute Gasteiger partial charge is 0.496 e. The molecule has 0 atom stereocenters. The normalized spacial score (nSPS) is 11.0. The third-order valence-corrected chi connectivity index (χ3v) is 8.11. The molecule has 3 aromatic carbocycles. The number of amides is 1. The quantitative estimate of drug-likeness (QED) is 0.131. The molecule has 0 unspecified atom stereocenters. The Morgan fingerprint density at radius 3 is 2.55 bits per heavy atom. The van der Waals surface area contributed by atoms with Crippen LogP contribution in [0.4, 0.5) is 0 Å². The number of aromatic nitrogens is 2. The molecule has 0 radical (unpaired) electrons. The zero-order valence-corrected chi connectivity index (χ0v) is 24.2. The van der Waals surface area contributed by atoms with Crippen LogP contribution in [0.15, 0.2) is 84.0 Å². The van der Waals surface area contributed by atoms with Crippen molar-refractivity contribution in [1.29, 1.82) is 0 Å². The van der Waals surface area contributed by atoms with Crippen LogP contribution < -0.4 is 14.2 Å². The molecule has 0 saturated heterocycles. The molecular formula is C32H30ClN3O3S. The van der Waals surface area contributed by atoms with Gasteiger partial charge in [0.1, 0.15) is 17.2 Å². The first-order valence-electron chi connectivity index (χ1n) is 13.0. The third kappa shape index (κ3) is 5.96. The Kier molecular flexibility index (Phi) is 8.63. The van der Waals surface area contributed by atoms with Gasteiger partial charge in [-0.15, -0.1) is 0 Å². The monoisotopic (exact) mass is 571 g/mol. The summed E-state index contributed by atoms with van der Waals surface area (Å²) in [4.78, 5) is 22.2. The average Bonchev–Trinajstić information content (AvgIpc) is 3.36. The topological polar surface area (TPSA) is 76.2 Å². The Morgan fingerprint density at radius 2 is 1.80 bits per heavy atom. The summed E-state index contributed by atoms with van der Waals surface area (Å²) in [6.45, 7) is 4.45. The Labute approximate surface area is 243 Å². The summed E-state index contributed by atoms with van der Waals surface area (Å²) in [5.74, 6) is 1.32. The van der Waals surface area contributed by atoms with Crippen molar-refractivity contribution in [3.05, 3.63) is 107 Å². The molecule has 40 heavy (non-hydrogen) atoms. The van der Waals surface area contributed by atoms with Crippen LogP contribution in [-0.2, 0) is 6.42 Å². The van der Waals surface area contributed by atoms with Crippen LogP contribution >= 0.6 is 23.5 Å². The average molecular weight is 572 g/mol. The predicted molar refractivity (Wildman–Crippen MR) is 163 cm³/mol. The van der Waals surface area contributed by atoms with Crippen molar-refractivity contribution in [1.82, 2.24) is 14.7 Å². The molecule has 204 valence electrons. The van der Waals surface area contributed by atoms with E-state index >= 15 is 0 Å². The highest BCUT2D eigenvalue weighted by Crippen LogP contribution is 2.36. The number of carbonyl (C=O) groups is 1. The zero-order valence-electron chi connectivity index (χ0n) is 22.6. The van der Waals surface area contributed by atoms with Crippen molar-refractivity contribution in [2.45, 2.75) is 31.6 Å². The molecule has 6 nitrogen and oxygen atoms in total. The number of hydrogen-bond acceptors (Lipinski definition) is 5. The maximum Gasteiger partial charge on any atom is 0.278 e. The number of carbonyl (C=O) groups excluding carboxylic acids is 1. The zero-order chi connectivity index (χ0) is 28.1. The number of hydrogen-bond donors (Lipinski definition) is 2. The first-order chi connectivity index (χ1) is 19.5. The number of para-hydroxylation sites is 1. The fraction of sp³-hybridized carbons (Fsp3) is 0.188. The number of fused-ring (bicyclic) bond motifs is 1. The summed E-state index contributed by atoms with van der Waals surface area (Å²) in [7, 11) is 1.64. The molecule has 0 spiro atoms. The number of aromatic amines is 1. The summed E-state index contributed by atoms with van der Waals surface area (Å²) >= 11 is 7.60. The number of H-pyrrole nitrogens is 1. The number of rotatable bonds is 10. The van der Waals surface area contributed by atoms with Crippen LogP contribution in [0.1, 0.15) is 33.6 Å². The second-order valence-corrected chi connectivity index (χ2v) is 10.7. The van der Waals surface area contributed by atoms with Gasteiger partial charge in [0.25, 0.3) is 5.91 Å². The van der Waals surface area contributed by atoms with E-state index in [2.05, 4.69) is 14.7 Å². The Hall–Kier alpha value is -3.94. The van der Waals surface area contributed by atoms with Crippen LogP contribution in [0.5, 0.6) is 11.5 Å². The SMILES string of the molecule is COc1ccncc1-c1cccc2c(CCCOc3cc(C)c(Cl)c(C)c3)c(C(=O)NSc3ccccc3)[nH]c12. The molecule has 0 bridgehead atoms. The van der Waals surface area contributed by atoms with E-state index in [0.29, 0.717) is 24.5 Å². The maximum atomic E-state index is 13.5. The van der Waals surface area contributed by atoms with Gasteiger partial charge >= 0.3 is 0 Å². The summed E-state index contributed by atoms with van der Waals surface area (Å²) in [5.41, 5.74) is 6.09. The lowest BCUT2D eigenvalue weighted by Gasteiger charge is -2.11. The van der Waals surface area contributed by atoms with E-state index in [1.165, 1.54) is 11.9 Å². The minimum absolute atomic E-state index is 0.186. The molecule has 5 rings (SSSR count). The molecule has 8 heteroatoms. The van der Waals surface area contributed by atoms with Crippen LogP contribution in [0, 0.1) is 13.8 Å². The van der Waals surface area contributed by atoms with E-state index < -0.39 is 0 Å². The summed E-state index contributed by atoms with van der Waals surface area (Å²) in [6.07, 6.45) is 4.85. The van der Waals surface area contributed by atoms with Gasteiger partial charge in [0.2, 0.25) is 0 Å². The van der Waals surface area contributed by atoms with E-state index in [-0.39, 0.29) is 5.91 Å². The smallest absolute Gasteiger partial charge is 0.278 e.